The van der Waals surface area contributed by atoms with E-state index in [4.69, 9.17) is 4.18 Å². The molecule has 1 N–H and O–H groups in total. The SMILES string of the molecule is Cc1ccc(S(=O)(=O)OC[C@@H]2CC(=O)c3[nH]c4ccccc4c3C2)cc1. The van der Waals surface area contributed by atoms with Gasteiger partial charge in [0.2, 0.25) is 0 Å². The van der Waals surface area contributed by atoms with Crippen LogP contribution in [0.1, 0.15) is 28.0 Å². The van der Waals surface area contributed by atoms with Crippen molar-refractivity contribution < 1.29 is 17.4 Å². The number of aromatic amines is 1. The van der Waals surface area contributed by atoms with Gasteiger partial charge in [-0.25, -0.2) is 0 Å². The van der Waals surface area contributed by atoms with Gasteiger partial charge in [-0.1, -0.05) is 35.9 Å². The largest absolute Gasteiger partial charge is 0.352 e. The topological polar surface area (TPSA) is 76.2 Å². The smallest absolute Gasteiger partial charge is 0.296 e. The van der Waals surface area contributed by atoms with Gasteiger partial charge in [0.05, 0.1) is 17.2 Å². The molecule has 0 amide bonds. The number of hydrogen-bond donors (Lipinski definition) is 1. The minimum atomic E-state index is -3.82. The Hall–Kier alpha value is -2.44. The van der Waals surface area contributed by atoms with E-state index in [0.717, 1.165) is 22.0 Å². The molecule has 134 valence electrons. The second-order valence-electron chi connectivity index (χ2n) is 6.77. The van der Waals surface area contributed by atoms with Crippen LogP contribution in [0.4, 0.5) is 0 Å². The van der Waals surface area contributed by atoms with Crippen LogP contribution in [0.5, 0.6) is 0 Å². The first kappa shape index (κ1) is 17.0. The quantitative estimate of drug-likeness (QED) is 0.713. The number of benzene rings is 2. The van der Waals surface area contributed by atoms with Gasteiger partial charge in [0.15, 0.2) is 5.78 Å². The van der Waals surface area contributed by atoms with Crippen molar-refractivity contribution in [2.75, 3.05) is 6.61 Å². The van der Waals surface area contributed by atoms with Gasteiger partial charge in [-0.05, 0) is 43.0 Å². The Labute approximate surface area is 152 Å². The molecular weight excluding hydrogens is 350 g/mol. The molecule has 3 aromatic rings. The minimum absolute atomic E-state index is 0.000890. The Morgan fingerprint density at radius 1 is 1.08 bits per heavy atom. The number of carbonyl (C=O) groups excluding carboxylic acids is 1. The minimum Gasteiger partial charge on any atom is -0.352 e. The van der Waals surface area contributed by atoms with Crippen molar-refractivity contribution in [3.63, 3.8) is 0 Å². The molecule has 6 heteroatoms. The fourth-order valence-electron chi connectivity index (χ4n) is 3.45. The van der Waals surface area contributed by atoms with Crippen molar-refractivity contribution in [1.29, 1.82) is 0 Å². The molecule has 0 unspecified atom stereocenters. The predicted molar refractivity (Wildman–Crippen MR) is 98.8 cm³/mol. The van der Waals surface area contributed by atoms with Crippen LogP contribution in [0.2, 0.25) is 0 Å². The Morgan fingerprint density at radius 2 is 1.81 bits per heavy atom. The molecule has 0 saturated carbocycles. The monoisotopic (exact) mass is 369 g/mol. The van der Waals surface area contributed by atoms with Crippen molar-refractivity contribution in [3.05, 3.63) is 65.4 Å². The van der Waals surface area contributed by atoms with Crippen LogP contribution in [-0.4, -0.2) is 25.8 Å². The predicted octanol–water partition coefficient (Wildman–Crippen LogP) is 3.63. The molecular formula is C20H19NO4S. The van der Waals surface area contributed by atoms with E-state index in [1.54, 1.807) is 12.1 Å². The van der Waals surface area contributed by atoms with Crippen LogP contribution in [-0.2, 0) is 20.7 Å². The lowest BCUT2D eigenvalue weighted by Crippen LogP contribution is -2.25. The Morgan fingerprint density at radius 3 is 2.58 bits per heavy atom. The summed E-state index contributed by atoms with van der Waals surface area (Å²) < 4.78 is 30.0. The van der Waals surface area contributed by atoms with Crippen LogP contribution in [0.3, 0.4) is 0 Å². The Balaban J connectivity index is 1.53. The first-order valence-electron chi connectivity index (χ1n) is 8.53. The first-order chi connectivity index (χ1) is 12.4. The average Bonchev–Trinajstić information content (AvgIpc) is 3.00. The van der Waals surface area contributed by atoms with Crippen LogP contribution in [0.15, 0.2) is 53.4 Å². The summed E-state index contributed by atoms with van der Waals surface area (Å²) in [5.74, 6) is -0.154. The molecule has 0 aliphatic heterocycles. The number of rotatable bonds is 4. The summed E-state index contributed by atoms with van der Waals surface area (Å²) in [7, 11) is -3.82. The third-order valence-corrected chi connectivity index (χ3v) is 6.12. The molecule has 0 fully saturated rings. The van der Waals surface area contributed by atoms with Gasteiger partial charge < -0.3 is 4.98 Å². The van der Waals surface area contributed by atoms with Crippen LogP contribution < -0.4 is 0 Å². The molecule has 1 heterocycles. The fourth-order valence-corrected chi connectivity index (χ4v) is 4.43. The zero-order valence-corrected chi connectivity index (χ0v) is 15.2. The van der Waals surface area contributed by atoms with Crippen LogP contribution in [0.25, 0.3) is 10.9 Å². The van der Waals surface area contributed by atoms with Gasteiger partial charge in [-0.15, -0.1) is 0 Å². The molecule has 4 rings (SSSR count). The number of ketones is 1. The number of para-hydroxylation sites is 1. The van der Waals surface area contributed by atoms with Crippen LogP contribution in [0, 0.1) is 12.8 Å². The molecule has 0 saturated heterocycles. The Bertz CT molecular complexity index is 1080. The summed E-state index contributed by atoms with van der Waals surface area (Å²) in [4.78, 5) is 15.8. The number of aromatic nitrogens is 1. The highest BCUT2D eigenvalue weighted by Gasteiger charge is 2.30. The molecule has 26 heavy (non-hydrogen) atoms. The standard InChI is InChI=1S/C20H19NO4S/c1-13-6-8-15(9-7-13)26(23,24)25-12-14-10-17-16-4-2-3-5-18(16)21-20(17)19(22)11-14/h2-9,14,21H,10-12H2,1H3/t14-/m0/s1. The fraction of sp³-hybridized carbons (Fsp3) is 0.250. The first-order valence-corrected chi connectivity index (χ1v) is 9.94. The zero-order valence-electron chi connectivity index (χ0n) is 14.4. The number of fused-ring (bicyclic) bond motifs is 3. The van der Waals surface area contributed by atoms with E-state index in [-0.39, 0.29) is 29.6 Å². The van der Waals surface area contributed by atoms with Gasteiger partial charge in [0.1, 0.15) is 0 Å². The molecule has 5 nitrogen and oxygen atoms in total. The van der Waals surface area contributed by atoms with E-state index in [1.165, 1.54) is 12.1 Å². The third-order valence-electron chi connectivity index (χ3n) is 4.83. The van der Waals surface area contributed by atoms with E-state index >= 15 is 0 Å². The molecule has 1 aliphatic rings. The maximum absolute atomic E-state index is 12.5. The lowest BCUT2D eigenvalue weighted by atomic mass is 9.86. The lowest BCUT2D eigenvalue weighted by Gasteiger charge is -2.21. The number of aryl methyl sites for hydroxylation is 1. The van der Waals surface area contributed by atoms with Crippen molar-refractivity contribution in [2.45, 2.75) is 24.7 Å². The summed E-state index contributed by atoms with van der Waals surface area (Å²) in [5.41, 5.74) is 3.51. The van der Waals surface area contributed by atoms with Gasteiger partial charge in [0.25, 0.3) is 10.1 Å². The molecule has 0 radical (unpaired) electrons. The second kappa shape index (κ2) is 6.37. The third kappa shape index (κ3) is 3.06. The summed E-state index contributed by atoms with van der Waals surface area (Å²) in [5, 5.41) is 1.02. The van der Waals surface area contributed by atoms with Crippen molar-refractivity contribution in [2.24, 2.45) is 5.92 Å². The van der Waals surface area contributed by atoms with E-state index < -0.39 is 10.1 Å². The summed E-state index contributed by atoms with van der Waals surface area (Å²) in [6.07, 6.45) is 0.901. The van der Waals surface area contributed by atoms with Gasteiger partial charge in [-0.3, -0.25) is 8.98 Å². The molecule has 1 aromatic heterocycles. The van der Waals surface area contributed by atoms with E-state index in [1.807, 2.05) is 31.2 Å². The number of H-pyrrole nitrogens is 1. The van der Waals surface area contributed by atoms with E-state index in [2.05, 4.69) is 4.98 Å². The van der Waals surface area contributed by atoms with Crippen LogP contribution >= 0.6 is 0 Å². The van der Waals surface area contributed by atoms with Gasteiger partial charge in [-0.2, -0.15) is 8.42 Å². The molecule has 1 atom stereocenters. The number of nitrogens with one attached hydrogen (secondary N) is 1. The molecule has 0 spiro atoms. The highest BCUT2D eigenvalue weighted by Crippen LogP contribution is 2.32. The maximum Gasteiger partial charge on any atom is 0.296 e. The highest BCUT2D eigenvalue weighted by atomic mass is 32.2. The lowest BCUT2D eigenvalue weighted by molar-refractivity contribution is 0.0923. The molecule has 1 aliphatic carbocycles. The summed E-state index contributed by atoms with van der Waals surface area (Å²) in [6, 6.07) is 14.3. The van der Waals surface area contributed by atoms with Crippen molar-refractivity contribution in [3.8, 4) is 0 Å². The highest BCUT2D eigenvalue weighted by molar-refractivity contribution is 7.86. The van der Waals surface area contributed by atoms with E-state index in [0.29, 0.717) is 12.1 Å². The maximum atomic E-state index is 12.5. The Kier molecular flexibility index (Phi) is 4.17. The summed E-state index contributed by atoms with van der Waals surface area (Å²) >= 11 is 0. The van der Waals surface area contributed by atoms with Gasteiger partial charge >= 0.3 is 0 Å². The van der Waals surface area contributed by atoms with Crippen molar-refractivity contribution in [1.82, 2.24) is 4.98 Å². The summed E-state index contributed by atoms with van der Waals surface area (Å²) in [6.45, 7) is 1.89. The number of Topliss-reactive ketones (excluding diaryl/α,β-unsaturated/α-hetero) is 1. The molecule has 2 aromatic carbocycles. The van der Waals surface area contributed by atoms with Crippen molar-refractivity contribution >= 4 is 26.8 Å². The van der Waals surface area contributed by atoms with Gasteiger partial charge in [0, 0.05) is 17.3 Å². The zero-order chi connectivity index (χ0) is 18.3. The normalized spacial score (nSPS) is 17.4. The average molecular weight is 369 g/mol. The van der Waals surface area contributed by atoms with E-state index in [9.17, 15) is 13.2 Å². The number of carbonyl (C=O) groups is 1. The second-order valence-corrected chi connectivity index (χ2v) is 8.39. The molecule has 0 bridgehead atoms. The number of hydrogen-bond acceptors (Lipinski definition) is 4.